The number of anilines is 1. The van der Waals surface area contributed by atoms with E-state index in [4.69, 9.17) is 4.74 Å². The van der Waals surface area contributed by atoms with Gasteiger partial charge >= 0.3 is 5.97 Å². The van der Waals surface area contributed by atoms with Gasteiger partial charge in [-0.15, -0.1) is 11.3 Å². The minimum Gasteiger partial charge on any atom is -0.462 e. The maximum absolute atomic E-state index is 12.2. The summed E-state index contributed by atoms with van der Waals surface area (Å²) in [4.78, 5) is 29.1. The standard InChI is InChI=1S/C14H17N3O3S/c1-4-9-6-10(14(19)20-5-2)13(21-9)16-12(18)11-7-15-8-17(11)3/h6-8H,4-5H2,1-3H3,(H,16,18). The first-order valence-electron chi connectivity index (χ1n) is 6.64. The van der Waals surface area contributed by atoms with E-state index in [2.05, 4.69) is 10.3 Å². The van der Waals surface area contributed by atoms with Gasteiger partial charge in [0.25, 0.3) is 5.91 Å². The third kappa shape index (κ3) is 3.30. The Hall–Kier alpha value is -2.15. The van der Waals surface area contributed by atoms with E-state index >= 15 is 0 Å². The first-order valence-corrected chi connectivity index (χ1v) is 7.46. The molecule has 2 heterocycles. The lowest BCUT2D eigenvalue weighted by atomic mass is 10.2. The Balaban J connectivity index is 2.26. The van der Waals surface area contributed by atoms with E-state index in [9.17, 15) is 9.59 Å². The van der Waals surface area contributed by atoms with Gasteiger partial charge in [-0.2, -0.15) is 0 Å². The molecular weight excluding hydrogens is 290 g/mol. The molecular formula is C14H17N3O3S. The van der Waals surface area contributed by atoms with Crippen molar-refractivity contribution in [3.05, 3.63) is 34.7 Å². The van der Waals surface area contributed by atoms with Gasteiger partial charge in [0, 0.05) is 11.9 Å². The minimum absolute atomic E-state index is 0.297. The molecule has 2 aromatic heterocycles. The maximum Gasteiger partial charge on any atom is 0.341 e. The first kappa shape index (κ1) is 15.2. The third-order valence-electron chi connectivity index (χ3n) is 2.90. The summed E-state index contributed by atoms with van der Waals surface area (Å²) in [6, 6.07) is 1.77. The molecule has 0 aliphatic heterocycles. The molecule has 0 bridgehead atoms. The van der Waals surface area contributed by atoms with Crippen molar-refractivity contribution in [3.8, 4) is 0 Å². The highest BCUT2D eigenvalue weighted by molar-refractivity contribution is 7.16. The number of hydrogen-bond acceptors (Lipinski definition) is 5. The van der Waals surface area contributed by atoms with Crippen LogP contribution in [0.2, 0.25) is 0 Å². The normalized spacial score (nSPS) is 10.4. The Morgan fingerprint density at radius 3 is 2.76 bits per heavy atom. The molecule has 1 N–H and O–H groups in total. The zero-order chi connectivity index (χ0) is 15.4. The minimum atomic E-state index is -0.422. The van der Waals surface area contributed by atoms with Crippen molar-refractivity contribution in [2.45, 2.75) is 20.3 Å². The molecule has 21 heavy (non-hydrogen) atoms. The van der Waals surface area contributed by atoms with E-state index in [1.165, 1.54) is 17.5 Å². The molecule has 2 rings (SSSR count). The SMILES string of the molecule is CCOC(=O)c1cc(CC)sc1NC(=O)c1cncn1C. The highest BCUT2D eigenvalue weighted by Gasteiger charge is 2.20. The van der Waals surface area contributed by atoms with Gasteiger partial charge in [0.1, 0.15) is 10.7 Å². The van der Waals surface area contributed by atoms with E-state index in [1.54, 1.807) is 30.9 Å². The Morgan fingerprint density at radius 1 is 1.43 bits per heavy atom. The Bertz CT molecular complexity index is 660. The summed E-state index contributed by atoms with van der Waals surface area (Å²) >= 11 is 1.38. The number of rotatable bonds is 5. The van der Waals surface area contributed by atoms with Gasteiger partial charge in [0.15, 0.2) is 0 Å². The lowest BCUT2D eigenvalue weighted by Gasteiger charge is -2.06. The van der Waals surface area contributed by atoms with E-state index in [0.29, 0.717) is 22.9 Å². The average molecular weight is 307 g/mol. The molecule has 0 aliphatic rings. The van der Waals surface area contributed by atoms with E-state index in [0.717, 1.165) is 11.3 Å². The fourth-order valence-electron chi connectivity index (χ4n) is 1.81. The van der Waals surface area contributed by atoms with Crippen LogP contribution in [0.5, 0.6) is 0 Å². The van der Waals surface area contributed by atoms with E-state index in [1.807, 2.05) is 6.92 Å². The predicted octanol–water partition coefficient (Wildman–Crippen LogP) is 2.47. The predicted molar refractivity (Wildman–Crippen MR) is 80.8 cm³/mol. The molecule has 0 aliphatic carbocycles. The van der Waals surface area contributed by atoms with Crippen LogP contribution in [0.3, 0.4) is 0 Å². The van der Waals surface area contributed by atoms with Gasteiger partial charge in [-0.3, -0.25) is 4.79 Å². The quantitative estimate of drug-likeness (QED) is 0.861. The Kier molecular flexibility index (Phi) is 4.74. The van der Waals surface area contributed by atoms with Gasteiger partial charge in [0.2, 0.25) is 0 Å². The highest BCUT2D eigenvalue weighted by atomic mass is 32.1. The number of aryl methyl sites for hydroxylation is 2. The van der Waals surface area contributed by atoms with Crippen molar-refractivity contribution in [2.75, 3.05) is 11.9 Å². The fourth-order valence-corrected chi connectivity index (χ4v) is 2.79. The molecule has 0 unspecified atom stereocenters. The molecule has 2 aromatic rings. The summed E-state index contributed by atoms with van der Waals surface area (Å²) in [5.74, 6) is -0.723. The molecule has 0 saturated carbocycles. The summed E-state index contributed by atoms with van der Waals surface area (Å²) < 4.78 is 6.64. The number of nitrogens with zero attached hydrogens (tertiary/aromatic N) is 2. The number of amides is 1. The zero-order valence-corrected chi connectivity index (χ0v) is 13.0. The Morgan fingerprint density at radius 2 is 2.19 bits per heavy atom. The topological polar surface area (TPSA) is 73.2 Å². The van der Waals surface area contributed by atoms with Gasteiger partial charge in [-0.05, 0) is 19.4 Å². The number of ether oxygens (including phenoxy) is 1. The lowest BCUT2D eigenvalue weighted by molar-refractivity contribution is 0.0528. The largest absolute Gasteiger partial charge is 0.462 e. The first-order chi connectivity index (χ1) is 10.1. The van der Waals surface area contributed by atoms with Crippen LogP contribution < -0.4 is 5.32 Å². The molecule has 1 amide bonds. The molecule has 0 fully saturated rings. The van der Waals surface area contributed by atoms with E-state index < -0.39 is 5.97 Å². The monoisotopic (exact) mass is 307 g/mol. The number of thiophene rings is 1. The van der Waals surface area contributed by atoms with Crippen LogP contribution in [0, 0.1) is 0 Å². The number of nitrogens with one attached hydrogen (secondary N) is 1. The summed E-state index contributed by atoms with van der Waals surface area (Å²) in [6.45, 7) is 4.04. The molecule has 7 heteroatoms. The molecule has 0 spiro atoms. The highest BCUT2D eigenvalue weighted by Crippen LogP contribution is 2.29. The molecule has 6 nitrogen and oxygen atoms in total. The van der Waals surface area contributed by atoms with Crippen LogP contribution in [0.15, 0.2) is 18.6 Å². The number of carbonyl (C=O) groups is 2. The van der Waals surface area contributed by atoms with Crippen molar-refractivity contribution in [1.29, 1.82) is 0 Å². The smallest absolute Gasteiger partial charge is 0.341 e. The second-order valence-electron chi connectivity index (χ2n) is 4.37. The fraction of sp³-hybridized carbons (Fsp3) is 0.357. The average Bonchev–Trinajstić information content (AvgIpc) is 3.05. The van der Waals surface area contributed by atoms with Gasteiger partial charge in [-0.1, -0.05) is 6.92 Å². The van der Waals surface area contributed by atoms with Gasteiger partial charge < -0.3 is 14.6 Å². The van der Waals surface area contributed by atoms with Crippen LogP contribution in [0.25, 0.3) is 0 Å². The van der Waals surface area contributed by atoms with Gasteiger partial charge in [0.05, 0.1) is 24.7 Å². The van der Waals surface area contributed by atoms with Crippen LogP contribution in [-0.2, 0) is 18.2 Å². The number of hydrogen-bond donors (Lipinski definition) is 1. The third-order valence-corrected chi connectivity index (χ3v) is 4.10. The van der Waals surface area contributed by atoms with Crippen molar-refractivity contribution >= 4 is 28.2 Å². The van der Waals surface area contributed by atoms with Crippen LogP contribution in [0.1, 0.15) is 39.6 Å². The molecule has 0 atom stereocenters. The lowest BCUT2D eigenvalue weighted by Crippen LogP contribution is -2.16. The number of esters is 1. The molecule has 0 radical (unpaired) electrons. The van der Waals surface area contributed by atoms with Crippen molar-refractivity contribution in [2.24, 2.45) is 7.05 Å². The molecule has 0 saturated heterocycles. The van der Waals surface area contributed by atoms with E-state index in [-0.39, 0.29) is 5.91 Å². The molecule has 0 aromatic carbocycles. The van der Waals surface area contributed by atoms with Crippen molar-refractivity contribution in [3.63, 3.8) is 0 Å². The second kappa shape index (κ2) is 6.53. The Labute approximate surface area is 126 Å². The van der Waals surface area contributed by atoms with Crippen LogP contribution in [-0.4, -0.2) is 28.0 Å². The van der Waals surface area contributed by atoms with Crippen LogP contribution >= 0.6 is 11.3 Å². The molecule has 112 valence electrons. The summed E-state index contributed by atoms with van der Waals surface area (Å²) in [6.07, 6.45) is 3.82. The second-order valence-corrected chi connectivity index (χ2v) is 5.51. The summed E-state index contributed by atoms with van der Waals surface area (Å²) in [5.41, 5.74) is 0.825. The zero-order valence-electron chi connectivity index (χ0n) is 12.2. The van der Waals surface area contributed by atoms with Crippen LogP contribution in [0.4, 0.5) is 5.00 Å². The maximum atomic E-state index is 12.2. The number of imidazole rings is 1. The van der Waals surface area contributed by atoms with Crippen molar-refractivity contribution in [1.82, 2.24) is 9.55 Å². The summed E-state index contributed by atoms with van der Waals surface area (Å²) in [5, 5.41) is 3.28. The van der Waals surface area contributed by atoms with Crippen molar-refractivity contribution < 1.29 is 14.3 Å². The number of aromatic nitrogens is 2. The number of carbonyl (C=O) groups excluding carboxylic acids is 2. The van der Waals surface area contributed by atoms with Gasteiger partial charge in [-0.25, -0.2) is 9.78 Å². The summed E-state index contributed by atoms with van der Waals surface area (Å²) in [7, 11) is 1.74.